The van der Waals surface area contributed by atoms with Gasteiger partial charge in [0.15, 0.2) is 5.82 Å². The van der Waals surface area contributed by atoms with E-state index in [9.17, 15) is 9.50 Å². The van der Waals surface area contributed by atoms with Crippen molar-refractivity contribution < 1.29 is 14.0 Å². The lowest BCUT2D eigenvalue weighted by atomic mass is 10.2. The topological polar surface area (TPSA) is 89.9 Å². The summed E-state index contributed by atoms with van der Waals surface area (Å²) in [5.74, 6) is -1.47. The molecule has 0 saturated carbocycles. The Bertz CT molecular complexity index is 966. The van der Waals surface area contributed by atoms with Crippen LogP contribution in [0.4, 0.5) is 4.39 Å². The van der Waals surface area contributed by atoms with Gasteiger partial charge in [0.25, 0.3) is 5.88 Å². The normalized spacial score (nSPS) is 11.0. The van der Waals surface area contributed by atoms with Crippen LogP contribution in [0, 0.1) is 5.82 Å². The van der Waals surface area contributed by atoms with Crippen LogP contribution < -0.4 is 0 Å². The summed E-state index contributed by atoms with van der Waals surface area (Å²) in [5, 5.41) is 21.8. The van der Waals surface area contributed by atoms with Crippen LogP contribution in [0.15, 0.2) is 45.9 Å². The zero-order valence-corrected chi connectivity index (χ0v) is 12.9. The Morgan fingerprint density at radius 1 is 1.29 bits per heavy atom. The first kappa shape index (κ1) is 14.5. The zero-order chi connectivity index (χ0) is 16.5. The molecule has 4 rings (SSSR count). The molecule has 0 fully saturated rings. The minimum absolute atomic E-state index is 0.128. The van der Waals surface area contributed by atoms with E-state index in [1.165, 1.54) is 6.26 Å². The summed E-state index contributed by atoms with van der Waals surface area (Å²) in [6, 6.07) is 5.43. The van der Waals surface area contributed by atoms with E-state index in [4.69, 9.17) is 4.52 Å². The molecule has 1 N–H and O–H groups in total. The van der Waals surface area contributed by atoms with Crippen molar-refractivity contribution in [1.29, 1.82) is 0 Å². The van der Waals surface area contributed by atoms with E-state index in [1.807, 2.05) is 16.8 Å². The van der Waals surface area contributed by atoms with Crippen LogP contribution in [0.1, 0.15) is 5.56 Å². The first-order valence-corrected chi connectivity index (χ1v) is 7.86. The number of rotatable bonds is 4. The van der Waals surface area contributed by atoms with E-state index < -0.39 is 11.7 Å². The Morgan fingerprint density at radius 2 is 2.21 bits per heavy atom. The summed E-state index contributed by atoms with van der Waals surface area (Å²) in [6.07, 6.45) is 2.38. The standard InChI is InChI=1S/C15H10FN5O2S/c16-10-6-17-14(18-15(10)22)12-5-13(11-1-3-23-20-11)21(19-12)7-9-2-4-24-8-9/h1-6,8H,7H2,(H,17,18,22). The molecule has 9 heteroatoms. The third-order valence-corrected chi connectivity index (χ3v) is 4.08. The summed E-state index contributed by atoms with van der Waals surface area (Å²) in [5.41, 5.74) is 2.80. The predicted molar refractivity (Wildman–Crippen MR) is 83.8 cm³/mol. The molecule has 0 atom stereocenters. The van der Waals surface area contributed by atoms with Crippen LogP contribution in [0.2, 0.25) is 0 Å². The summed E-state index contributed by atoms with van der Waals surface area (Å²) in [6.45, 7) is 0.527. The first-order valence-electron chi connectivity index (χ1n) is 6.92. The van der Waals surface area contributed by atoms with Gasteiger partial charge in [-0.1, -0.05) is 5.16 Å². The van der Waals surface area contributed by atoms with Gasteiger partial charge in [-0.25, -0.2) is 4.98 Å². The smallest absolute Gasteiger partial charge is 0.251 e. The van der Waals surface area contributed by atoms with Crippen LogP contribution >= 0.6 is 11.3 Å². The highest BCUT2D eigenvalue weighted by Crippen LogP contribution is 2.25. The molecule has 0 bridgehead atoms. The number of nitrogens with zero attached hydrogens (tertiary/aromatic N) is 5. The van der Waals surface area contributed by atoms with Gasteiger partial charge in [-0.05, 0) is 28.5 Å². The molecule has 0 aliphatic carbocycles. The quantitative estimate of drug-likeness (QED) is 0.613. The maximum atomic E-state index is 13.2. The van der Waals surface area contributed by atoms with Crippen LogP contribution in [-0.4, -0.2) is 30.0 Å². The average Bonchev–Trinajstić information content (AvgIpc) is 3.31. The average molecular weight is 343 g/mol. The Labute approximate surface area is 139 Å². The Balaban J connectivity index is 1.79. The van der Waals surface area contributed by atoms with Gasteiger partial charge in [-0.3, -0.25) is 4.68 Å². The van der Waals surface area contributed by atoms with Crippen molar-refractivity contribution in [1.82, 2.24) is 24.9 Å². The molecule has 24 heavy (non-hydrogen) atoms. The molecule has 0 amide bonds. The number of aromatic hydroxyl groups is 1. The minimum atomic E-state index is -0.881. The lowest BCUT2D eigenvalue weighted by Crippen LogP contribution is -2.03. The molecular formula is C15H10FN5O2S. The number of hydrogen-bond donors (Lipinski definition) is 1. The fourth-order valence-corrected chi connectivity index (χ4v) is 2.89. The van der Waals surface area contributed by atoms with Gasteiger partial charge in [0.1, 0.15) is 17.7 Å². The van der Waals surface area contributed by atoms with Crippen molar-refractivity contribution in [2.75, 3.05) is 0 Å². The maximum Gasteiger partial charge on any atom is 0.251 e. The lowest BCUT2D eigenvalue weighted by Gasteiger charge is -2.03. The highest BCUT2D eigenvalue weighted by Gasteiger charge is 2.17. The number of halogens is 1. The molecule has 0 spiro atoms. The number of thiophene rings is 1. The molecule has 0 radical (unpaired) electrons. The third-order valence-electron chi connectivity index (χ3n) is 3.35. The highest BCUT2D eigenvalue weighted by molar-refractivity contribution is 7.07. The van der Waals surface area contributed by atoms with Crippen LogP contribution in [0.5, 0.6) is 5.88 Å². The maximum absolute atomic E-state index is 13.2. The van der Waals surface area contributed by atoms with E-state index in [0.717, 1.165) is 11.8 Å². The fraction of sp³-hybridized carbons (Fsp3) is 0.0667. The monoisotopic (exact) mass is 343 g/mol. The summed E-state index contributed by atoms with van der Waals surface area (Å²) in [7, 11) is 0. The number of hydrogen-bond acceptors (Lipinski definition) is 7. The molecule has 0 aliphatic heterocycles. The molecule has 0 aromatic carbocycles. The molecule has 0 aliphatic rings. The van der Waals surface area contributed by atoms with Crippen LogP contribution in [0.3, 0.4) is 0 Å². The zero-order valence-electron chi connectivity index (χ0n) is 12.1. The Hall–Kier alpha value is -3.07. The van der Waals surface area contributed by atoms with Crippen molar-refractivity contribution in [2.24, 2.45) is 0 Å². The van der Waals surface area contributed by atoms with Crippen LogP contribution in [-0.2, 0) is 6.54 Å². The predicted octanol–water partition coefficient (Wildman–Crippen LogP) is 2.95. The molecule has 7 nitrogen and oxygen atoms in total. The molecule has 4 heterocycles. The molecule has 0 unspecified atom stereocenters. The minimum Gasteiger partial charge on any atom is -0.491 e. The van der Waals surface area contributed by atoms with Gasteiger partial charge in [0, 0.05) is 6.07 Å². The molecule has 120 valence electrons. The second-order valence-corrected chi connectivity index (χ2v) is 5.73. The largest absolute Gasteiger partial charge is 0.491 e. The molecular weight excluding hydrogens is 333 g/mol. The molecule has 4 aromatic rings. The molecule has 0 saturated heterocycles. The second-order valence-electron chi connectivity index (χ2n) is 4.95. The van der Waals surface area contributed by atoms with Crippen molar-refractivity contribution in [3.8, 4) is 28.8 Å². The first-order chi connectivity index (χ1) is 11.7. The van der Waals surface area contributed by atoms with Gasteiger partial charge in [0.05, 0.1) is 18.4 Å². The van der Waals surface area contributed by atoms with Crippen molar-refractivity contribution in [3.63, 3.8) is 0 Å². The van der Waals surface area contributed by atoms with Gasteiger partial charge >= 0.3 is 0 Å². The SMILES string of the molecule is Oc1nc(-c2cc(-c3ccon3)n(Cc3ccsc3)n2)ncc1F. The summed E-state index contributed by atoms with van der Waals surface area (Å²) < 4.78 is 19.8. The lowest BCUT2D eigenvalue weighted by molar-refractivity contribution is 0.409. The van der Waals surface area contributed by atoms with E-state index in [0.29, 0.717) is 23.6 Å². The van der Waals surface area contributed by atoms with E-state index in [1.54, 1.807) is 28.2 Å². The summed E-state index contributed by atoms with van der Waals surface area (Å²) >= 11 is 1.59. The van der Waals surface area contributed by atoms with Gasteiger partial charge < -0.3 is 9.63 Å². The van der Waals surface area contributed by atoms with Gasteiger partial charge in [-0.15, -0.1) is 0 Å². The van der Waals surface area contributed by atoms with Crippen molar-refractivity contribution >= 4 is 11.3 Å². The third kappa shape index (κ3) is 2.65. The fourth-order valence-electron chi connectivity index (χ4n) is 2.23. The Kier molecular flexibility index (Phi) is 3.54. The second kappa shape index (κ2) is 5.85. The van der Waals surface area contributed by atoms with E-state index in [2.05, 4.69) is 20.2 Å². The van der Waals surface area contributed by atoms with E-state index >= 15 is 0 Å². The summed E-state index contributed by atoms with van der Waals surface area (Å²) in [4.78, 5) is 7.61. The van der Waals surface area contributed by atoms with Crippen molar-refractivity contribution in [3.05, 3.63) is 52.8 Å². The Morgan fingerprint density at radius 3 is 2.92 bits per heavy atom. The van der Waals surface area contributed by atoms with Gasteiger partial charge in [0.2, 0.25) is 5.82 Å². The highest BCUT2D eigenvalue weighted by atomic mass is 32.1. The van der Waals surface area contributed by atoms with Gasteiger partial charge in [-0.2, -0.15) is 25.8 Å². The van der Waals surface area contributed by atoms with Crippen molar-refractivity contribution in [2.45, 2.75) is 6.54 Å². The number of aromatic nitrogens is 5. The van der Waals surface area contributed by atoms with Crippen LogP contribution in [0.25, 0.3) is 22.9 Å². The molecule has 4 aromatic heterocycles. The van der Waals surface area contributed by atoms with E-state index in [-0.39, 0.29) is 5.82 Å².